The monoisotopic (exact) mass is 337 g/mol. The van der Waals surface area contributed by atoms with Crippen molar-refractivity contribution in [3.05, 3.63) is 35.4 Å². The molecule has 4 nitrogen and oxygen atoms in total. The highest BCUT2D eigenvalue weighted by molar-refractivity contribution is 5.85. The third-order valence-electron chi connectivity index (χ3n) is 4.83. The Morgan fingerprint density at radius 1 is 1.30 bits per heavy atom. The van der Waals surface area contributed by atoms with Crippen molar-refractivity contribution in [2.75, 3.05) is 32.7 Å². The van der Waals surface area contributed by atoms with Crippen LogP contribution in [-0.2, 0) is 17.8 Å². The van der Waals surface area contributed by atoms with Crippen LogP contribution >= 0.6 is 12.4 Å². The molecule has 1 aromatic carbocycles. The number of carbonyl (C=O) groups is 1. The second-order valence-electron chi connectivity index (χ2n) is 6.48. The summed E-state index contributed by atoms with van der Waals surface area (Å²) in [5, 5.41) is 6.40. The number of rotatable bonds is 5. The van der Waals surface area contributed by atoms with Crippen molar-refractivity contribution >= 4 is 18.3 Å². The third-order valence-corrected chi connectivity index (χ3v) is 4.83. The normalized spacial score (nSPS) is 21.1. The molecule has 0 aliphatic carbocycles. The molecule has 5 heteroatoms. The lowest BCUT2D eigenvalue weighted by Gasteiger charge is -2.28. The molecule has 2 aliphatic heterocycles. The van der Waals surface area contributed by atoms with Crippen molar-refractivity contribution in [1.29, 1.82) is 0 Å². The number of fused-ring (bicyclic) bond motifs is 1. The minimum absolute atomic E-state index is 0. The summed E-state index contributed by atoms with van der Waals surface area (Å²) >= 11 is 0. The van der Waals surface area contributed by atoms with E-state index in [-0.39, 0.29) is 24.2 Å². The maximum absolute atomic E-state index is 12.0. The highest BCUT2D eigenvalue weighted by atomic mass is 35.5. The van der Waals surface area contributed by atoms with Gasteiger partial charge < -0.3 is 10.6 Å². The molecule has 0 bridgehead atoms. The van der Waals surface area contributed by atoms with Crippen molar-refractivity contribution in [1.82, 2.24) is 15.5 Å². The van der Waals surface area contributed by atoms with E-state index in [4.69, 9.17) is 0 Å². The van der Waals surface area contributed by atoms with Gasteiger partial charge in [-0.3, -0.25) is 9.69 Å². The van der Waals surface area contributed by atoms with E-state index in [9.17, 15) is 4.79 Å². The smallest absolute Gasteiger partial charge is 0.224 e. The van der Waals surface area contributed by atoms with Crippen LogP contribution in [-0.4, -0.2) is 43.5 Å². The number of piperidine rings is 1. The average molecular weight is 338 g/mol. The first kappa shape index (κ1) is 18.2. The Morgan fingerprint density at radius 2 is 2.13 bits per heavy atom. The standard InChI is InChI=1S/C18H27N3O.ClH/c22-18(16-7-3-9-19-13-16)20-10-4-11-21-12-8-15-5-1-2-6-17(15)14-21;/h1-2,5-6,16,19H,3-4,7-14H2,(H,20,22);1H. The van der Waals surface area contributed by atoms with Crippen LogP contribution in [0.5, 0.6) is 0 Å². The molecule has 1 atom stereocenters. The fourth-order valence-electron chi connectivity index (χ4n) is 3.48. The topological polar surface area (TPSA) is 44.4 Å². The van der Waals surface area contributed by atoms with Crippen LogP contribution in [0.15, 0.2) is 24.3 Å². The average Bonchev–Trinajstić information content (AvgIpc) is 2.59. The molecule has 0 spiro atoms. The Labute approximate surface area is 145 Å². The van der Waals surface area contributed by atoms with Gasteiger partial charge in [0.1, 0.15) is 0 Å². The predicted molar refractivity (Wildman–Crippen MR) is 95.9 cm³/mol. The number of nitrogens with zero attached hydrogens (tertiary/aromatic N) is 1. The van der Waals surface area contributed by atoms with Crippen molar-refractivity contribution in [3.63, 3.8) is 0 Å². The van der Waals surface area contributed by atoms with Gasteiger partial charge in [0.05, 0.1) is 5.92 Å². The maximum Gasteiger partial charge on any atom is 0.224 e. The lowest BCUT2D eigenvalue weighted by atomic mass is 9.99. The molecule has 1 fully saturated rings. The van der Waals surface area contributed by atoms with E-state index < -0.39 is 0 Å². The highest BCUT2D eigenvalue weighted by Crippen LogP contribution is 2.18. The minimum Gasteiger partial charge on any atom is -0.356 e. The van der Waals surface area contributed by atoms with Gasteiger partial charge in [0.15, 0.2) is 0 Å². The first-order valence-electron chi connectivity index (χ1n) is 8.60. The second kappa shape index (κ2) is 9.26. The zero-order valence-corrected chi connectivity index (χ0v) is 14.5. The zero-order valence-electron chi connectivity index (χ0n) is 13.7. The molecule has 1 aromatic rings. The first-order valence-corrected chi connectivity index (χ1v) is 8.60. The van der Waals surface area contributed by atoms with Crippen LogP contribution in [0.3, 0.4) is 0 Å². The Kier molecular flexibility index (Phi) is 7.34. The molecule has 1 saturated heterocycles. The van der Waals surface area contributed by atoms with Gasteiger partial charge in [-0.2, -0.15) is 0 Å². The quantitative estimate of drug-likeness (QED) is 0.807. The predicted octanol–water partition coefficient (Wildman–Crippen LogP) is 1.97. The molecule has 128 valence electrons. The number of nitrogens with one attached hydrogen (secondary N) is 2. The van der Waals surface area contributed by atoms with Crippen LogP contribution < -0.4 is 10.6 Å². The van der Waals surface area contributed by atoms with Crippen molar-refractivity contribution in [2.45, 2.75) is 32.2 Å². The van der Waals surface area contributed by atoms with E-state index >= 15 is 0 Å². The molecule has 0 radical (unpaired) electrons. The Hall–Kier alpha value is -1.10. The van der Waals surface area contributed by atoms with Gasteiger partial charge >= 0.3 is 0 Å². The molecule has 3 rings (SSSR count). The van der Waals surface area contributed by atoms with Gasteiger partial charge in [-0.25, -0.2) is 0 Å². The van der Waals surface area contributed by atoms with E-state index in [2.05, 4.69) is 39.8 Å². The van der Waals surface area contributed by atoms with Gasteiger partial charge in [-0.05, 0) is 43.4 Å². The summed E-state index contributed by atoms with van der Waals surface area (Å²) in [6.45, 7) is 5.95. The zero-order chi connectivity index (χ0) is 15.2. The van der Waals surface area contributed by atoms with Gasteiger partial charge in [-0.15, -0.1) is 12.4 Å². The molecular weight excluding hydrogens is 310 g/mol. The number of amides is 1. The summed E-state index contributed by atoms with van der Waals surface area (Å²) in [5.74, 6) is 0.409. The molecule has 2 N–H and O–H groups in total. The summed E-state index contributed by atoms with van der Waals surface area (Å²) in [6, 6.07) is 8.73. The van der Waals surface area contributed by atoms with Crippen LogP contribution in [0.25, 0.3) is 0 Å². The molecule has 23 heavy (non-hydrogen) atoms. The third kappa shape index (κ3) is 5.20. The van der Waals surface area contributed by atoms with E-state index in [1.807, 2.05) is 0 Å². The van der Waals surface area contributed by atoms with Crippen LogP contribution in [0, 0.1) is 5.92 Å². The summed E-state index contributed by atoms with van der Waals surface area (Å²) in [7, 11) is 0. The summed E-state index contributed by atoms with van der Waals surface area (Å²) in [5.41, 5.74) is 2.96. The molecule has 1 unspecified atom stereocenters. The summed E-state index contributed by atoms with van der Waals surface area (Å²) in [4.78, 5) is 14.5. The van der Waals surface area contributed by atoms with E-state index in [0.717, 1.165) is 65.0 Å². The lowest BCUT2D eigenvalue weighted by Crippen LogP contribution is -2.41. The fourth-order valence-corrected chi connectivity index (χ4v) is 3.48. The minimum atomic E-state index is 0. The van der Waals surface area contributed by atoms with Crippen LogP contribution in [0.2, 0.25) is 0 Å². The Balaban J connectivity index is 0.00000192. The maximum atomic E-state index is 12.0. The van der Waals surface area contributed by atoms with Gasteiger partial charge in [0.2, 0.25) is 5.91 Å². The van der Waals surface area contributed by atoms with Crippen LogP contribution in [0.1, 0.15) is 30.4 Å². The molecular formula is C18H28ClN3O. The van der Waals surface area contributed by atoms with Gasteiger partial charge in [0, 0.05) is 32.7 Å². The van der Waals surface area contributed by atoms with Crippen molar-refractivity contribution in [3.8, 4) is 0 Å². The lowest BCUT2D eigenvalue weighted by molar-refractivity contribution is -0.125. The molecule has 2 aliphatic rings. The Morgan fingerprint density at radius 3 is 2.91 bits per heavy atom. The Bertz CT molecular complexity index is 503. The van der Waals surface area contributed by atoms with Crippen molar-refractivity contribution < 1.29 is 4.79 Å². The van der Waals surface area contributed by atoms with E-state index in [0.29, 0.717) is 0 Å². The second-order valence-corrected chi connectivity index (χ2v) is 6.48. The van der Waals surface area contributed by atoms with Crippen molar-refractivity contribution in [2.24, 2.45) is 5.92 Å². The summed E-state index contributed by atoms with van der Waals surface area (Å²) in [6.07, 6.45) is 4.33. The van der Waals surface area contributed by atoms with Gasteiger partial charge in [-0.1, -0.05) is 24.3 Å². The number of carbonyl (C=O) groups excluding carboxylic acids is 1. The molecule has 0 saturated carbocycles. The van der Waals surface area contributed by atoms with Crippen LogP contribution in [0.4, 0.5) is 0 Å². The highest BCUT2D eigenvalue weighted by Gasteiger charge is 2.20. The first-order chi connectivity index (χ1) is 10.8. The number of hydrogen-bond donors (Lipinski definition) is 2. The fraction of sp³-hybridized carbons (Fsp3) is 0.611. The van der Waals surface area contributed by atoms with E-state index in [1.165, 1.54) is 11.1 Å². The molecule has 0 aromatic heterocycles. The number of benzene rings is 1. The molecule has 2 heterocycles. The summed E-state index contributed by atoms with van der Waals surface area (Å²) < 4.78 is 0. The van der Waals surface area contributed by atoms with Gasteiger partial charge in [0.25, 0.3) is 0 Å². The number of hydrogen-bond acceptors (Lipinski definition) is 3. The van der Waals surface area contributed by atoms with E-state index in [1.54, 1.807) is 0 Å². The largest absolute Gasteiger partial charge is 0.356 e. The number of halogens is 1. The SMILES string of the molecule is Cl.O=C(NCCCN1CCc2ccccc2C1)C1CCCNC1. The molecule has 1 amide bonds.